The fraction of sp³-hybridized carbons (Fsp3) is 0.258. The first-order valence-corrected chi connectivity index (χ1v) is 12.5. The molecule has 1 aromatic heterocycles. The van der Waals surface area contributed by atoms with E-state index in [1.807, 2.05) is 36.1 Å². The number of nitrogens with zero attached hydrogens (tertiary/aromatic N) is 2. The molecule has 0 bridgehead atoms. The molecule has 3 aromatic carbocycles. The summed E-state index contributed by atoms with van der Waals surface area (Å²) in [5.41, 5.74) is 6.86. The largest absolute Gasteiger partial charge is 0.496 e. The van der Waals surface area contributed by atoms with Gasteiger partial charge in [0.25, 0.3) is 0 Å². The van der Waals surface area contributed by atoms with Crippen LogP contribution in [0.3, 0.4) is 0 Å². The SMILES string of the molecule is COc1cc2occ(-c3ccc(C)cc3)c2cc1/C(C)=C/C(=O)N1CCN(c2ccccc2OC)CC1. The zero-order chi connectivity index (χ0) is 25.9. The highest BCUT2D eigenvalue weighted by Crippen LogP contribution is 2.37. The van der Waals surface area contributed by atoms with Crippen LogP contribution < -0.4 is 14.4 Å². The van der Waals surface area contributed by atoms with Gasteiger partial charge in [-0.2, -0.15) is 0 Å². The summed E-state index contributed by atoms with van der Waals surface area (Å²) >= 11 is 0. The summed E-state index contributed by atoms with van der Waals surface area (Å²) < 4.78 is 17.0. The average molecular weight is 497 g/mol. The van der Waals surface area contributed by atoms with Crippen molar-refractivity contribution in [2.75, 3.05) is 45.3 Å². The van der Waals surface area contributed by atoms with Gasteiger partial charge >= 0.3 is 0 Å². The summed E-state index contributed by atoms with van der Waals surface area (Å²) in [6.45, 7) is 6.83. The summed E-state index contributed by atoms with van der Waals surface area (Å²) in [4.78, 5) is 17.4. The lowest BCUT2D eigenvalue weighted by Gasteiger charge is -2.36. The van der Waals surface area contributed by atoms with Crippen molar-refractivity contribution in [3.05, 3.63) is 84.1 Å². The molecule has 0 aliphatic carbocycles. The van der Waals surface area contributed by atoms with Gasteiger partial charge in [0, 0.05) is 54.8 Å². The van der Waals surface area contributed by atoms with Crippen LogP contribution in [0.2, 0.25) is 0 Å². The highest BCUT2D eigenvalue weighted by molar-refractivity contribution is 6.00. The van der Waals surface area contributed by atoms with Crippen LogP contribution >= 0.6 is 0 Å². The molecule has 0 atom stereocenters. The first-order valence-electron chi connectivity index (χ1n) is 12.5. The molecule has 0 N–H and O–H groups in total. The molecule has 0 unspecified atom stereocenters. The molecular weight excluding hydrogens is 464 g/mol. The van der Waals surface area contributed by atoms with E-state index in [-0.39, 0.29) is 5.91 Å². The standard InChI is InChI=1S/C31H32N2O4/c1-21-9-11-23(12-10-21)26-20-37-30-19-29(36-4)24(18-25(26)30)22(2)17-31(34)33-15-13-32(14-16-33)27-7-5-6-8-28(27)35-3/h5-12,17-20H,13-16H2,1-4H3/b22-17+. The van der Waals surface area contributed by atoms with E-state index >= 15 is 0 Å². The lowest BCUT2D eigenvalue weighted by atomic mass is 9.98. The Morgan fingerprint density at radius 1 is 0.919 bits per heavy atom. The van der Waals surface area contributed by atoms with E-state index in [9.17, 15) is 4.79 Å². The predicted octanol–water partition coefficient (Wildman–Crippen LogP) is 6.18. The molecule has 190 valence electrons. The van der Waals surface area contributed by atoms with Crippen LogP contribution in [-0.4, -0.2) is 51.2 Å². The first-order chi connectivity index (χ1) is 18.0. The van der Waals surface area contributed by atoms with Gasteiger partial charge in [0.2, 0.25) is 5.91 Å². The third kappa shape index (κ3) is 4.92. The molecule has 0 spiro atoms. The minimum atomic E-state index is 0.00489. The lowest BCUT2D eigenvalue weighted by Crippen LogP contribution is -2.48. The summed E-state index contributed by atoms with van der Waals surface area (Å²) in [6, 6.07) is 20.3. The number of anilines is 1. The number of para-hydroxylation sites is 2. The molecular formula is C31H32N2O4. The van der Waals surface area contributed by atoms with E-state index in [1.165, 1.54) is 5.56 Å². The van der Waals surface area contributed by atoms with E-state index in [0.29, 0.717) is 18.8 Å². The van der Waals surface area contributed by atoms with Gasteiger partial charge in [0.15, 0.2) is 0 Å². The molecule has 37 heavy (non-hydrogen) atoms. The second-order valence-corrected chi connectivity index (χ2v) is 9.38. The van der Waals surface area contributed by atoms with Crippen LogP contribution in [0.5, 0.6) is 11.5 Å². The Morgan fingerprint density at radius 3 is 2.32 bits per heavy atom. The second kappa shape index (κ2) is 10.4. The average Bonchev–Trinajstić information content (AvgIpc) is 3.35. The number of carbonyl (C=O) groups is 1. The van der Waals surface area contributed by atoms with E-state index in [4.69, 9.17) is 13.9 Å². The number of hydrogen-bond donors (Lipinski definition) is 0. The third-order valence-electron chi connectivity index (χ3n) is 7.04. The van der Waals surface area contributed by atoms with Crippen LogP contribution in [0.15, 0.2) is 77.4 Å². The fourth-order valence-corrected chi connectivity index (χ4v) is 4.90. The maximum atomic E-state index is 13.2. The van der Waals surface area contributed by atoms with Crippen LogP contribution in [0.4, 0.5) is 5.69 Å². The Balaban J connectivity index is 1.37. The van der Waals surface area contributed by atoms with Crippen LogP contribution in [0.1, 0.15) is 18.1 Å². The van der Waals surface area contributed by atoms with Crippen molar-refractivity contribution in [2.45, 2.75) is 13.8 Å². The highest BCUT2D eigenvalue weighted by Gasteiger charge is 2.23. The molecule has 1 aliphatic rings. The third-order valence-corrected chi connectivity index (χ3v) is 7.04. The summed E-state index contributed by atoms with van der Waals surface area (Å²) in [5.74, 6) is 1.54. The summed E-state index contributed by atoms with van der Waals surface area (Å²) in [6.07, 6.45) is 3.50. The molecule has 6 heteroatoms. The minimum absolute atomic E-state index is 0.00489. The normalized spacial score (nSPS) is 14.2. The number of carbonyl (C=O) groups excluding carboxylic acids is 1. The second-order valence-electron chi connectivity index (χ2n) is 9.38. The van der Waals surface area contributed by atoms with E-state index < -0.39 is 0 Å². The Kier molecular flexibility index (Phi) is 6.91. The molecule has 0 radical (unpaired) electrons. The first kappa shape index (κ1) is 24.5. The van der Waals surface area contributed by atoms with Gasteiger partial charge in [-0.05, 0) is 43.2 Å². The summed E-state index contributed by atoms with van der Waals surface area (Å²) in [7, 11) is 3.33. The molecule has 1 aliphatic heterocycles. The number of allylic oxidation sites excluding steroid dienone is 1. The molecule has 4 aromatic rings. The maximum Gasteiger partial charge on any atom is 0.246 e. The number of ether oxygens (including phenoxy) is 2. The number of amides is 1. The fourth-order valence-electron chi connectivity index (χ4n) is 4.90. The van der Waals surface area contributed by atoms with Gasteiger partial charge in [-0.25, -0.2) is 0 Å². The number of methoxy groups -OCH3 is 2. The molecule has 2 heterocycles. The zero-order valence-corrected chi connectivity index (χ0v) is 21.8. The smallest absolute Gasteiger partial charge is 0.246 e. The Labute approximate surface area is 217 Å². The molecule has 1 saturated heterocycles. The number of rotatable bonds is 6. The molecule has 6 nitrogen and oxygen atoms in total. The number of piperazine rings is 1. The van der Waals surface area contributed by atoms with Crippen molar-refractivity contribution in [2.24, 2.45) is 0 Å². The van der Waals surface area contributed by atoms with Gasteiger partial charge in [-0.1, -0.05) is 42.0 Å². The predicted molar refractivity (Wildman–Crippen MR) is 148 cm³/mol. The zero-order valence-electron chi connectivity index (χ0n) is 21.8. The number of benzene rings is 3. The van der Waals surface area contributed by atoms with Crippen LogP contribution in [0, 0.1) is 6.92 Å². The number of aryl methyl sites for hydroxylation is 1. The van der Waals surface area contributed by atoms with Gasteiger partial charge in [0.1, 0.15) is 17.1 Å². The van der Waals surface area contributed by atoms with Crippen molar-refractivity contribution < 1.29 is 18.7 Å². The van der Waals surface area contributed by atoms with E-state index in [0.717, 1.165) is 57.8 Å². The van der Waals surface area contributed by atoms with Crippen molar-refractivity contribution in [3.63, 3.8) is 0 Å². The van der Waals surface area contributed by atoms with Crippen molar-refractivity contribution in [1.82, 2.24) is 4.90 Å². The molecule has 1 fully saturated rings. The summed E-state index contributed by atoms with van der Waals surface area (Å²) in [5, 5.41) is 0.991. The van der Waals surface area contributed by atoms with Crippen molar-refractivity contribution >= 4 is 28.1 Å². The van der Waals surface area contributed by atoms with Gasteiger partial charge in [-0.15, -0.1) is 0 Å². The topological polar surface area (TPSA) is 55.2 Å². The van der Waals surface area contributed by atoms with Crippen molar-refractivity contribution in [1.29, 1.82) is 0 Å². The Bertz CT molecular complexity index is 1440. The van der Waals surface area contributed by atoms with Crippen LogP contribution in [-0.2, 0) is 4.79 Å². The number of hydrogen-bond acceptors (Lipinski definition) is 5. The quantitative estimate of drug-likeness (QED) is 0.299. The van der Waals surface area contributed by atoms with Crippen LogP contribution in [0.25, 0.3) is 27.7 Å². The molecule has 1 amide bonds. The highest BCUT2D eigenvalue weighted by atomic mass is 16.5. The van der Waals surface area contributed by atoms with Crippen molar-refractivity contribution in [3.8, 4) is 22.6 Å². The van der Waals surface area contributed by atoms with Gasteiger partial charge in [-0.3, -0.25) is 4.79 Å². The van der Waals surface area contributed by atoms with E-state index in [2.05, 4.69) is 48.2 Å². The monoisotopic (exact) mass is 496 g/mol. The number of furan rings is 1. The number of fused-ring (bicyclic) bond motifs is 1. The lowest BCUT2D eigenvalue weighted by molar-refractivity contribution is -0.126. The molecule has 5 rings (SSSR count). The minimum Gasteiger partial charge on any atom is -0.496 e. The Morgan fingerprint density at radius 2 is 1.62 bits per heavy atom. The molecule has 0 saturated carbocycles. The van der Waals surface area contributed by atoms with E-state index in [1.54, 1.807) is 26.6 Å². The maximum absolute atomic E-state index is 13.2. The van der Waals surface area contributed by atoms with Gasteiger partial charge < -0.3 is 23.7 Å². The van der Waals surface area contributed by atoms with Gasteiger partial charge in [0.05, 0.1) is 26.2 Å². The Hall–Kier alpha value is -4.19.